The van der Waals surface area contributed by atoms with Gasteiger partial charge < -0.3 is 4.79 Å². The van der Waals surface area contributed by atoms with E-state index in [1.54, 1.807) is 0 Å². The minimum absolute atomic E-state index is 0.349. The predicted molar refractivity (Wildman–Crippen MR) is 69.6 cm³/mol. The molecule has 0 saturated heterocycles. The van der Waals surface area contributed by atoms with Gasteiger partial charge in [0.15, 0.2) is 0 Å². The van der Waals surface area contributed by atoms with E-state index in [4.69, 9.17) is 0 Å². The topological polar surface area (TPSA) is 17.1 Å². The fraction of sp³-hybridized carbons (Fsp3) is 0.643. The van der Waals surface area contributed by atoms with E-state index in [-0.39, 0.29) is 5.41 Å². The van der Waals surface area contributed by atoms with Gasteiger partial charge in [0.1, 0.15) is 14.4 Å². The summed E-state index contributed by atoms with van der Waals surface area (Å²) in [4.78, 5) is 11.5. The maximum Gasteiger partial charge on any atom is 0.138 e. The molecule has 0 unspecified atom stereocenters. The first kappa shape index (κ1) is 11.7. The Balaban J connectivity index is 2.30. The zero-order chi connectivity index (χ0) is 11.8. The van der Waals surface area contributed by atoms with Crippen molar-refractivity contribution in [2.45, 2.75) is 38.9 Å². The summed E-state index contributed by atoms with van der Waals surface area (Å²) in [6, 6.07) is 0. The molecule has 1 saturated carbocycles. The van der Waals surface area contributed by atoms with Crippen molar-refractivity contribution in [3.05, 3.63) is 12.2 Å². The van der Waals surface area contributed by atoms with E-state index in [2.05, 4.69) is 43.3 Å². The Morgan fingerprint density at radius 3 is 2.44 bits per heavy atom. The third-order valence-corrected chi connectivity index (χ3v) is 4.48. The van der Waals surface area contributed by atoms with Gasteiger partial charge in [0, 0.05) is 5.92 Å². The number of aldehydes is 1. The van der Waals surface area contributed by atoms with Crippen LogP contribution in [0.4, 0.5) is 0 Å². The van der Waals surface area contributed by atoms with Gasteiger partial charge in [0.05, 0.1) is 5.41 Å². The van der Waals surface area contributed by atoms with Crippen LogP contribution in [-0.2, 0) is 4.79 Å². The molecule has 0 aromatic rings. The molecular weight excluding hydrogens is 212 g/mol. The van der Waals surface area contributed by atoms with Gasteiger partial charge in [-0.15, -0.1) is 5.54 Å². The van der Waals surface area contributed by atoms with E-state index in [9.17, 15) is 4.79 Å². The number of carbonyl (C=O) groups is 1. The largest absolute Gasteiger partial charge is 0.302 e. The second-order valence-corrected chi connectivity index (χ2v) is 10.9. The molecule has 0 aromatic carbocycles. The number of carbonyl (C=O) groups excluding carboxylic acids is 1. The van der Waals surface area contributed by atoms with E-state index in [0.717, 1.165) is 19.1 Å². The van der Waals surface area contributed by atoms with Crippen LogP contribution in [0.2, 0.25) is 19.6 Å². The number of hydrogen-bond acceptors (Lipinski definition) is 1. The molecule has 0 amide bonds. The Kier molecular flexibility index (Phi) is 2.84. The molecule has 2 bridgehead atoms. The maximum absolute atomic E-state index is 11.5. The highest BCUT2D eigenvalue weighted by molar-refractivity contribution is 6.83. The van der Waals surface area contributed by atoms with Crippen molar-refractivity contribution in [1.29, 1.82) is 0 Å². The van der Waals surface area contributed by atoms with Crippen LogP contribution in [0, 0.1) is 28.7 Å². The molecule has 0 N–H and O–H groups in total. The van der Waals surface area contributed by atoms with Crippen molar-refractivity contribution >= 4 is 14.4 Å². The van der Waals surface area contributed by atoms with Crippen LogP contribution in [0.5, 0.6) is 0 Å². The zero-order valence-corrected chi connectivity index (χ0v) is 11.4. The molecule has 2 heteroatoms. The number of fused-ring (bicyclic) bond motifs is 2. The van der Waals surface area contributed by atoms with E-state index in [1.165, 1.54) is 6.42 Å². The quantitative estimate of drug-likeness (QED) is 0.294. The Bertz CT molecular complexity index is 380. The molecule has 1 nitrogen and oxygen atoms in total. The lowest BCUT2D eigenvalue weighted by atomic mass is 9.60. The van der Waals surface area contributed by atoms with Gasteiger partial charge >= 0.3 is 0 Å². The van der Waals surface area contributed by atoms with Crippen LogP contribution in [0.1, 0.15) is 19.3 Å². The fourth-order valence-electron chi connectivity index (χ4n) is 2.67. The molecule has 3 aliphatic carbocycles. The first-order valence-electron chi connectivity index (χ1n) is 6.14. The molecule has 0 spiro atoms. The van der Waals surface area contributed by atoms with Crippen LogP contribution in [-0.4, -0.2) is 14.4 Å². The molecule has 3 atom stereocenters. The number of rotatable bonds is 1. The average molecular weight is 232 g/mol. The summed E-state index contributed by atoms with van der Waals surface area (Å²) in [5, 5.41) is 0. The second kappa shape index (κ2) is 3.89. The Morgan fingerprint density at radius 1 is 1.31 bits per heavy atom. The molecule has 16 heavy (non-hydrogen) atoms. The standard InChI is InChI=1S/C14H20OSi/c1-16(2,3)9-8-14(11-15)10-12-4-6-13(14)7-5-12/h4,6,11-13H,5,7,10H2,1-3H3/t12-,13+,14+/m0/s1. The van der Waals surface area contributed by atoms with Crippen molar-refractivity contribution in [2.24, 2.45) is 17.3 Å². The molecule has 86 valence electrons. The van der Waals surface area contributed by atoms with E-state index < -0.39 is 8.07 Å². The Labute approximate surface area is 99.3 Å². The first-order valence-corrected chi connectivity index (χ1v) is 9.64. The highest BCUT2D eigenvalue weighted by atomic mass is 28.3. The van der Waals surface area contributed by atoms with E-state index in [1.807, 2.05) is 0 Å². The summed E-state index contributed by atoms with van der Waals surface area (Å²) in [5.74, 6) is 4.31. The van der Waals surface area contributed by atoms with Gasteiger partial charge in [0.25, 0.3) is 0 Å². The van der Waals surface area contributed by atoms with Crippen molar-refractivity contribution in [3.63, 3.8) is 0 Å². The highest BCUT2D eigenvalue weighted by Crippen LogP contribution is 2.47. The minimum Gasteiger partial charge on any atom is -0.302 e. The predicted octanol–water partition coefficient (Wildman–Crippen LogP) is 3.04. The van der Waals surface area contributed by atoms with Gasteiger partial charge in [-0.25, -0.2) is 0 Å². The molecule has 0 aromatic heterocycles. The third-order valence-electron chi connectivity index (χ3n) is 3.61. The Morgan fingerprint density at radius 2 is 2.06 bits per heavy atom. The molecule has 0 radical (unpaired) electrons. The number of allylic oxidation sites excluding steroid dienone is 2. The van der Waals surface area contributed by atoms with Crippen molar-refractivity contribution < 1.29 is 4.79 Å². The summed E-state index contributed by atoms with van der Waals surface area (Å²) >= 11 is 0. The van der Waals surface area contributed by atoms with Crippen LogP contribution < -0.4 is 0 Å². The lowest BCUT2D eigenvalue weighted by Gasteiger charge is -2.42. The molecule has 3 aliphatic rings. The zero-order valence-electron chi connectivity index (χ0n) is 10.4. The molecular formula is C14H20OSi. The maximum atomic E-state index is 11.5. The lowest BCUT2D eigenvalue weighted by molar-refractivity contribution is -0.117. The third kappa shape index (κ3) is 2.15. The van der Waals surface area contributed by atoms with Crippen LogP contribution in [0.15, 0.2) is 12.2 Å². The van der Waals surface area contributed by atoms with Crippen molar-refractivity contribution in [2.75, 3.05) is 0 Å². The molecule has 0 heterocycles. The minimum atomic E-state index is -1.38. The monoisotopic (exact) mass is 232 g/mol. The highest BCUT2D eigenvalue weighted by Gasteiger charge is 2.44. The van der Waals surface area contributed by atoms with Crippen LogP contribution in [0.25, 0.3) is 0 Å². The van der Waals surface area contributed by atoms with Gasteiger partial charge in [-0.1, -0.05) is 37.7 Å². The van der Waals surface area contributed by atoms with E-state index >= 15 is 0 Å². The van der Waals surface area contributed by atoms with Crippen LogP contribution in [0.3, 0.4) is 0 Å². The second-order valence-electron chi connectivity index (χ2n) is 6.19. The van der Waals surface area contributed by atoms with Crippen molar-refractivity contribution in [1.82, 2.24) is 0 Å². The summed E-state index contributed by atoms with van der Waals surface area (Å²) in [7, 11) is -1.38. The van der Waals surface area contributed by atoms with Gasteiger partial charge in [-0.3, -0.25) is 0 Å². The van der Waals surface area contributed by atoms with Crippen molar-refractivity contribution in [3.8, 4) is 11.5 Å². The van der Waals surface area contributed by atoms with Crippen LogP contribution >= 0.6 is 0 Å². The summed E-state index contributed by atoms with van der Waals surface area (Å²) in [6.07, 6.45) is 8.97. The van der Waals surface area contributed by atoms with Gasteiger partial charge in [0.2, 0.25) is 0 Å². The molecule has 0 aliphatic heterocycles. The first-order chi connectivity index (χ1) is 7.45. The smallest absolute Gasteiger partial charge is 0.138 e. The Hall–Kier alpha value is -0.813. The van der Waals surface area contributed by atoms with Gasteiger partial charge in [-0.2, -0.15) is 0 Å². The van der Waals surface area contributed by atoms with E-state index in [0.29, 0.717) is 11.8 Å². The molecule has 1 fully saturated rings. The normalized spacial score (nSPS) is 36.7. The molecule has 3 rings (SSSR count). The summed E-state index contributed by atoms with van der Waals surface area (Å²) in [6.45, 7) is 6.69. The van der Waals surface area contributed by atoms with Gasteiger partial charge in [-0.05, 0) is 25.2 Å². The summed E-state index contributed by atoms with van der Waals surface area (Å²) < 4.78 is 0. The lowest BCUT2D eigenvalue weighted by Crippen LogP contribution is -2.39. The number of hydrogen-bond donors (Lipinski definition) is 0. The summed E-state index contributed by atoms with van der Waals surface area (Å²) in [5.41, 5.74) is 3.04. The average Bonchev–Trinajstić information content (AvgIpc) is 2.27. The fourth-order valence-corrected chi connectivity index (χ4v) is 3.28. The SMILES string of the molecule is C[Si](C)(C)C#C[C@]1(C=O)C[C@H]2C=C[C@@H]1CC2.